The van der Waals surface area contributed by atoms with E-state index in [-0.39, 0.29) is 24.2 Å². The third kappa shape index (κ3) is 25.4. The number of hydrogen-bond acceptors (Lipinski definition) is 15. The highest BCUT2D eigenvalue weighted by atomic mass is 28.4. The molecule has 0 aliphatic carbocycles. The monoisotopic (exact) mass is 975 g/mol. The van der Waals surface area contributed by atoms with E-state index in [1.807, 2.05) is 0 Å². The summed E-state index contributed by atoms with van der Waals surface area (Å²) in [5.74, 6) is -1.23. The van der Waals surface area contributed by atoms with Crippen LogP contribution in [0.25, 0.3) is 0 Å². The second kappa shape index (κ2) is 32.3. The number of urea groups is 2. The van der Waals surface area contributed by atoms with Gasteiger partial charge in [-0.3, -0.25) is 19.9 Å². The molecule has 1 aliphatic heterocycles. The minimum atomic E-state index is -4.63. The Kier molecular flexibility index (Phi) is 30.6. The molecule has 23 heteroatoms. The van der Waals surface area contributed by atoms with Gasteiger partial charge in [-0.05, 0) is 25.7 Å². The first kappa shape index (κ1) is 59.6. The summed E-state index contributed by atoms with van der Waals surface area (Å²) < 4.78 is 22.2. The second-order valence-electron chi connectivity index (χ2n) is 17.1. The first-order valence-corrected chi connectivity index (χ1v) is 31.9. The molecule has 0 aromatic rings. The summed E-state index contributed by atoms with van der Waals surface area (Å²) in [5, 5.41) is 4.42. The van der Waals surface area contributed by atoms with Crippen LogP contribution in [0.4, 0.5) is 9.59 Å². The van der Waals surface area contributed by atoms with Gasteiger partial charge < -0.3 is 61.4 Å². The molecule has 0 bridgehead atoms. The number of unbranched alkanes of at least 4 members (excludes halogenated alkanes) is 20. The van der Waals surface area contributed by atoms with Crippen molar-refractivity contribution in [2.24, 2.45) is 0 Å². The van der Waals surface area contributed by atoms with Crippen molar-refractivity contribution in [3.8, 4) is 0 Å². The van der Waals surface area contributed by atoms with Crippen LogP contribution >= 0.6 is 0 Å². The lowest BCUT2D eigenvalue weighted by Crippen LogP contribution is -2.70. The molecule has 10 N–H and O–H groups in total. The van der Waals surface area contributed by atoms with Crippen LogP contribution in [-0.2, 0) is 22.5 Å². The van der Waals surface area contributed by atoms with E-state index in [9.17, 15) is 52.7 Å². The minimum Gasteiger partial charge on any atom is -0.390 e. The standard InChI is InChI=1S/C40H86N4O15Si4/c1-5-9-13-17-21-25-29-60(48,49)56-33-40(37(45)42-39(47)44(40)36-59-63(54,55)32-28-24-20-16-12-8-4)43(35-58-62(52,53)31-27-23-19-15-11-7-3)38(46)41-34-57-61(50,51)30-26-22-18-14-10-6-2/h48-55H,5-36H2,1-4H3,(H,41,46)(H,42,45,47). The quantitative estimate of drug-likeness (QED) is 0.0161. The predicted octanol–water partition coefficient (Wildman–Crippen LogP) is 5.32. The van der Waals surface area contributed by atoms with Crippen LogP contribution in [0, 0.1) is 0 Å². The van der Waals surface area contributed by atoms with Crippen molar-refractivity contribution in [2.45, 2.75) is 212 Å². The van der Waals surface area contributed by atoms with Crippen molar-refractivity contribution in [2.75, 3.05) is 26.8 Å². The van der Waals surface area contributed by atoms with Crippen molar-refractivity contribution in [1.29, 1.82) is 0 Å². The zero-order valence-electron chi connectivity index (χ0n) is 39.0. The molecule has 1 atom stereocenters. The molecule has 1 heterocycles. The van der Waals surface area contributed by atoms with Crippen LogP contribution in [0.2, 0.25) is 24.2 Å². The summed E-state index contributed by atoms with van der Waals surface area (Å²) in [7, 11) is -18.0. The van der Waals surface area contributed by atoms with Crippen LogP contribution in [0.1, 0.15) is 182 Å². The van der Waals surface area contributed by atoms with Gasteiger partial charge >= 0.3 is 47.3 Å². The van der Waals surface area contributed by atoms with E-state index in [0.717, 1.165) is 109 Å². The fourth-order valence-electron chi connectivity index (χ4n) is 7.24. The highest BCUT2D eigenvalue weighted by molar-refractivity contribution is 6.58. The fraction of sp³-hybridized carbons (Fsp3) is 0.925. The number of nitrogens with one attached hydrogen (secondary N) is 2. The van der Waals surface area contributed by atoms with Crippen LogP contribution < -0.4 is 10.6 Å². The molecule has 19 nitrogen and oxygen atoms in total. The average molecular weight is 975 g/mol. The molecular weight excluding hydrogens is 889 g/mol. The third-order valence-electron chi connectivity index (χ3n) is 11.3. The maximum Gasteiger partial charge on any atom is 0.496 e. The Morgan fingerprint density at radius 1 is 0.540 bits per heavy atom. The SMILES string of the molecule is CCCCCCCC[Si](O)(O)OCNC(=O)N(CO[Si](O)(O)CCCCCCCC)C1(CO[Si](O)(O)CCCCCCCC)C(=O)NC(=O)N1CO[Si](O)(O)CCCCCCCC. The fourth-order valence-corrected chi connectivity index (χ4v) is 12.1. The van der Waals surface area contributed by atoms with Gasteiger partial charge in [-0.2, -0.15) is 0 Å². The molecule has 372 valence electrons. The van der Waals surface area contributed by atoms with Gasteiger partial charge in [0, 0.05) is 24.2 Å². The number of nitrogens with zero attached hydrogens (tertiary/aromatic N) is 2. The van der Waals surface area contributed by atoms with Crippen LogP contribution in [0.5, 0.6) is 0 Å². The lowest BCUT2D eigenvalue weighted by Gasteiger charge is -2.44. The van der Waals surface area contributed by atoms with Gasteiger partial charge in [0.15, 0.2) is 0 Å². The Hall–Kier alpha value is -1.40. The van der Waals surface area contributed by atoms with E-state index in [2.05, 4.69) is 38.3 Å². The Morgan fingerprint density at radius 3 is 1.30 bits per heavy atom. The molecule has 0 aromatic heterocycles. The number of rotatable bonds is 41. The van der Waals surface area contributed by atoms with E-state index in [1.54, 1.807) is 0 Å². The molecule has 0 aromatic carbocycles. The number of imide groups is 1. The molecular formula is C40H86N4O15Si4. The Labute approximate surface area is 381 Å². The highest BCUT2D eigenvalue weighted by Crippen LogP contribution is 2.31. The molecule has 0 spiro atoms. The number of carbonyl (C=O) groups is 3. The molecule has 63 heavy (non-hydrogen) atoms. The van der Waals surface area contributed by atoms with Gasteiger partial charge in [-0.15, -0.1) is 0 Å². The molecule has 0 saturated carbocycles. The Balaban J connectivity index is 3.52. The van der Waals surface area contributed by atoms with Crippen molar-refractivity contribution in [3.05, 3.63) is 0 Å². The predicted molar refractivity (Wildman–Crippen MR) is 246 cm³/mol. The summed E-state index contributed by atoms with van der Waals surface area (Å²) in [6, 6.07) is -2.94. The first-order valence-electron chi connectivity index (χ1n) is 23.8. The second-order valence-corrected chi connectivity index (χ2v) is 26.2. The van der Waals surface area contributed by atoms with E-state index >= 15 is 0 Å². The molecule has 1 saturated heterocycles. The lowest BCUT2D eigenvalue weighted by molar-refractivity contribution is -0.148. The largest absolute Gasteiger partial charge is 0.496 e. The average Bonchev–Trinajstić information content (AvgIpc) is 3.46. The molecule has 0 radical (unpaired) electrons. The first-order chi connectivity index (χ1) is 29.8. The molecule has 1 unspecified atom stereocenters. The molecule has 1 aliphatic rings. The topological polar surface area (TPSA) is 281 Å². The van der Waals surface area contributed by atoms with Gasteiger partial charge in [-0.1, -0.05) is 156 Å². The number of amides is 5. The third-order valence-corrected chi connectivity index (χ3v) is 17.7. The van der Waals surface area contributed by atoms with Crippen molar-refractivity contribution in [3.63, 3.8) is 0 Å². The van der Waals surface area contributed by atoms with E-state index in [0.29, 0.717) is 54.7 Å². The Morgan fingerprint density at radius 2 is 0.889 bits per heavy atom. The number of carbonyl (C=O) groups excluding carboxylic acids is 3. The normalized spacial score (nSPS) is 16.3. The summed E-state index contributed by atoms with van der Waals surface area (Å²) in [5.41, 5.74) is -2.70. The maximum atomic E-state index is 14.3. The summed E-state index contributed by atoms with van der Waals surface area (Å²) in [4.78, 5) is 131. The van der Waals surface area contributed by atoms with Crippen LogP contribution in [0.15, 0.2) is 0 Å². The van der Waals surface area contributed by atoms with Crippen molar-refractivity contribution < 1.29 is 70.5 Å². The van der Waals surface area contributed by atoms with Gasteiger partial charge in [0.1, 0.15) is 20.2 Å². The zero-order valence-corrected chi connectivity index (χ0v) is 43.0. The maximum absolute atomic E-state index is 14.3. The highest BCUT2D eigenvalue weighted by Gasteiger charge is 2.61. The van der Waals surface area contributed by atoms with Gasteiger partial charge in [0.2, 0.25) is 5.66 Å². The summed E-state index contributed by atoms with van der Waals surface area (Å²) in [6.45, 7) is 4.40. The van der Waals surface area contributed by atoms with Crippen LogP contribution in [-0.4, -0.2) is 134 Å². The van der Waals surface area contributed by atoms with Gasteiger partial charge in [0.25, 0.3) is 5.91 Å². The van der Waals surface area contributed by atoms with Gasteiger partial charge in [0.05, 0.1) is 6.61 Å². The van der Waals surface area contributed by atoms with Crippen LogP contribution in [0.3, 0.4) is 0 Å². The minimum absolute atomic E-state index is 0.0474. The lowest BCUT2D eigenvalue weighted by atomic mass is 10.1. The molecule has 1 rings (SSSR count). The number of hydrogen-bond donors (Lipinski definition) is 10. The van der Waals surface area contributed by atoms with Gasteiger partial charge in [-0.25, -0.2) is 9.59 Å². The Bertz CT molecular complexity index is 1260. The molecule has 5 amide bonds. The molecule has 1 fully saturated rings. The van der Waals surface area contributed by atoms with Crippen molar-refractivity contribution in [1.82, 2.24) is 20.4 Å². The zero-order chi connectivity index (χ0) is 47.3. The van der Waals surface area contributed by atoms with E-state index < -0.39 is 85.6 Å². The van der Waals surface area contributed by atoms with E-state index in [1.165, 1.54) is 0 Å². The smallest absolute Gasteiger partial charge is 0.390 e. The summed E-state index contributed by atoms with van der Waals surface area (Å²) in [6.07, 6.45) is 20.2. The van der Waals surface area contributed by atoms with Crippen molar-refractivity contribution >= 4 is 53.2 Å². The summed E-state index contributed by atoms with van der Waals surface area (Å²) >= 11 is 0. The van der Waals surface area contributed by atoms with E-state index in [4.69, 9.17) is 17.7 Å².